The summed E-state index contributed by atoms with van der Waals surface area (Å²) in [6, 6.07) is 1.78. The van der Waals surface area contributed by atoms with E-state index < -0.39 is 5.97 Å². The molecular weight excluding hydrogens is 240 g/mol. The lowest BCUT2D eigenvalue weighted by atomic mass is 9.94. The van der Waals surface area contributed by atoms with Crippen molar-refractivity contribution in [1.29, 1.82) is 0 Å². The molecule has 0 amide bonds. The molecule has 0 unspecified atom stereocenters. The zero-order valence-corrected chi connectivity index (χ0v) is 11.9. The van der Waals surface area contributed by atoms with Gasteiger partial charge in [-0.2, -0.15) is 0 Å². The Morgan fingerprint density at radius 3 is 2.26 bits per heavy atom. The molecular formula is C15H18N2O2. The van der Waals surface area contributed by atoms with Crippen molar-refractivity contribution in [2.45, 2.75) is 27.7 Å². The summed E-state index contributed by atoms with van der Waals surface area (Å²) in [7, 11) is 1.34. The van der Waals surface area contributed by atoms with Crippen molar-refractivity contribution >= 4 is 22.7 Å². The molecule has 2 rings (SSSR count). The molecule has 100 valence electrons. The molecule has 1 heterocycles. The second-order valence-electron chi connectivity index (χ2n) is 4.81. The maximum atomic E-state index is 11.7. The van der Waals surface area contributed by atoms with Gasteiger partial charge in [0.15, 0.2) is 0 Å². The third-order valence-corrected chi connectivity index (χ3v) is 3.90. The number of anilines is 1. The van der Waals surface area contributed by atoms with Crippen molar-refractivity contribution in [3.05, 3.63) is 33.9 Å². The number of methoxy groups -OCH3 is 1. The van der Waals surface area contributed by atoms with Crippen LogP contribution in [0.5, 0.6) is 0 Å². The highest BCUT2D eigenvalue weighted by Gasteiger charge is 2.16. The van der Waals surface area contributed by atoms with Crippen LogP contribution >= 0.6 is 0 Å². The van der Waals surface area contributed by atoms with Crippen molar-refractivity contribution in [3.8, 4) is 0 Å². The molecule has 0 atom stereocenters. The van der Waals surface area contributed by atoms with Crippen molar-refractivity contribution in [2.24, 2.45) is 0 Å². The molecule has 4 nitrogen and oxygen atoms in total. The summed E-state index contributed by atoms with van der Waals surface area (Å²) in [4.78, 5) is 16.1. The molecule has 2 aromatic rings. The lowest BCUT2D eigenvalue weighted by Crippen LogP contribution is -2.09. The SMILES string of the molecule is COC(=O)c1cc2c(C)c(C)c(C)c(C)c2nc1N. The first kappa shape index (κ1) is 13.3. The van der Waals surface area contributed by atoms with E-state index in [4.69, 9.17) is 10.5 Å². The zero-order valence-electron chi connectivity index (χ0n) is 11.9. The topological polar surface area (TPSA) is 65.2 Å². The predicted octanol–water partition coefficient (Wildman–Crippen LogP) is 2.84. The Hall–Kier alpha value is -2.10. The number of benzene rings is 1. The minimum Gasteiger partial charge on any atom is -0.465 e. The van der Waals surface area contributed by atoms with Crippen LogP contribution in [0.1, 0.15) is 32.6 Å². The normalized spacial score (nSPS) is 10.8. The molecule has 4 heteroatoms. The van der Waals surface area contributed by atoms with Gasteiger partial charge in [-0.15, -0.1) is 0 Å². The summed E-state index contributed by atoms with van der Waals surface area (Å²) in [5.41, 5.74) is 11.7. The first-order valence-corrected chi connectivity index (χ1v) is 6.13. The van der Waals surface area contributed by atoms with Gasteiger partial charge in [0.05, 0.1) is 12.6 Å². The molecule has 0 aliphatic heterocycles. The molecule has 19 heavy (non-hydrogen) atoms. The number of esters is 1. The van der Waals surface area contributed by atoms with Crippen LogP contribution in [0.25, 0.3) is 10.9 Å². The third-order valence-electron chi connectivity index (χ3n) is 3.90. The van der Waals surface area contributed by atoms with Crippen LogP contribution in [0.3, 0.4) is 0 Å². The minimum atomic E-state index is -0.456. The number of carbonyl (C=O) groups is 1. The van der Waals surface area contributed by atoms with E-state index in [2.05, 4.69) is 18.8 Å². The zero-order chi connectivity index (χ0) is 14.3. The maximum absolute atomic E-state index is 11.7. The predicted molar refractivity (Wildman–Crippen MR) is 76.4 cm³/mol. The fourth-order valence-corrected chi connectivity index (χ4v) is 2.31. The summed E-state index contributed by atoms with van der Waals surface area (Å²) in [6.45, 7) is 8.20. The second-order valence-corrected chi connectivity index (χ2v) is 4.81. The number of hydrogen-bond donors (Lipinski definition) is 1. The highest BCUT2D eigenvalue weighted by atomic mass is 16.5. The molecule has 0 spiro atoms. The van der Waals surface area contributed by atoms with E-state index in [-0.39, 0.29) is 5.82 Å². The number of fused-ring (bicyclic) bond motifs is 1. The quantitative estimate of drug-likeness (QED) is 0.799. The van der Waals surface area contributed by atoms with Crippen molar-refractivity contribution in [3.63, 3.8) is 0 Å². The summed E-state index contributed by atoms with van der Waals surface area (Å²) in [6.07, 6.45) is 0. The summed E-state index contributed by atoms with van der Waals surface area (Å²) < 4.78 is 4.73. The van der Waals surface area contributed by atoms with Crippen molar-refractivity contribution in [2.75, 3.05) is 12.8 Å². The minimum absolute atomic E-state index is 0.213. The van der Waals surface area contributed by atoms with Crippen LogP contribution in [-0.4, -0.2) is 18.1 Å². The molecule has 0 bridgehead atoms. The Balaban J connectivity index is 2.91. The Kier molecular flexibility index (Phi) is 3.18. The number of hydrogen-bond acceptors (Lipinski definition) is 4. The smallest absolute Gasteiger partial charge is 0.341 e. The molecule has 0 fully saturated rings. The lowest BCUT2D eigenvalue weighted by Gasteiger charge is -2.15. The van der Waals surface area contributed by atoms with Crippen molar-refractivity contribution < 1.29 is 9.53 Å². The largest absolute Gasteiger partial charge is 0.465 e. The number of ether oxygens (including phenoxy) is 1. The highest BCUT2D eigenvalue weighted by Crippen LogP contribution is 2.30. The van der Waals surface area contributed by atoms with E-state index >= 15 is 0 Å². The first-order valence-electron chi connectivity index (χ1n) is 6.13. The van der Waals surface area contributed by atoms with Gasteiger partial charge >= 0.3 is 5.97 Å². The van der Waals surface area contributed by atoms with E-state index in [1.807, 2.05) is 13.8 Å². The maximum Gasteiger partial charge on any atom is 0.341 e. The van der Waals surface area contributed by atoms with Crippen LogP contribution < -0.4 is 5.73 Å². The Morgan fingerprint density at radius 1 is 1.11 bits per heavy atom. The molecule has 1 aromatic carbocycles. The van der Waals surface area contributed by atoms with E-state index in [0.717, 1.165) is 22.0 Å². The second kappa shape index (κ2) is 4.53. The standard InChI is InChI=1S/C15H18N2O2/c1-7-8(2)10(4)13-11(9(7)3)6-12(14(16)17-13)15(18)19-5/h6H,1-5H3,(H2,16,17). The monoisotopic (exact) mass is 258 g/mol. The van der Waals surface area contributed by atoms with Gasteiger partial charge < -0.3 is 10.5 Å². The third kappa shape index (κ3) is 1.93. The number of rotatable bonds is 1. The van der Waals surface area contributed by atoms with Crippen molar-refractivity contribution in [1.82, 2.24) is 4.98 Å². The van der Waals surface area contributed by atoms with Gasteiger partial charge in [0, 0.05) is 5.39 Å². The number of pyridine rings is 1. The molecule has 0 aliphatic rings. The van der Waals surface area contributed by atoms with Crippen LogP contribution in [-0.2, 0) is 4.74 Å². The molecule has 0 saturated heterocycles. The number of nitrogens with zero attached hydrogens (tertiary/aromatic N) is 1. The molecule has 1 aromatic heterocycles. The lowest BCUT2D eigenvalue weighted by molar-refractivity contribution is 0.0602. The summed E-state index contributed by atoms with van der Waals surface area (Å²) in [5, 5.41) is 0.954. The van der Waals surface area contributed by atoms with Gasteiger partial charge in [0.25, 0.3) is 0 Å². The van der Waals surface area contributed by atoms with Crippen LogP contribution in [0.15, 0.2) is 6.07 Å². The Labute approximate surface area is 112 Å². The van der Waals surface area contributed by atoms with E-state index in [1.165, 1.54) is 18.2 Å². The molecule has 0 radical (unpaired) electrons. The number of nitrogens with two attached hydrogens (primary N) is 1. The average molecular weight is 258 g/mol. The Bertz CT molecular complexity index is 691. The van der Waals surface area contributed by atoms with Gasteiger partial charge in [-0.05, 0) is 56.0 Å². The molecule has 0 saturated carbocycles. The number of aryl methyl sites for hydroxylation is 2. The van der Waals surface area contributed by atoms with Crippen LogP contribution in [0.2, 0.25) is 0 Å². The fraction of sp³-hybridized carbons (Fsp3) is 0.333. The fourth-order valence-electron chi connectivity index (χ4n) is 2.31. The van der Waals surface area contributed by atoms with Gasteiger partial charge in [-0.25, -0.2) is 9.78 Å². The van der Waals surface area contributed by atoms with Crippen LogP contribution in [0.4, 0.5) is 5.82 Å². The number of carbonyl (C=O) groups excluding carboxylic acids is 1. The van der Waals surface area contributed by atoms with E-state index in [0.29, 0.717) is 5.56 Å². The van der Waals surface area contributed by atoms with E-state index in [9.17, 15) is 4.79 Å². The number of aromatic nitrogens is 1. The Morgan fingerprint density at radius 2 is 1.68 bits per heavy atom. The van der Waals surface area contributed by atoms with E-state index in [1.54, 1.807) is 6.07 Å². The average Bonchev–Trinajstić information content (AvgIpc) is 2.41. The van der Waals surface area contributed by atoms with Gasteiger partial charge in [-0.3, -0.25) is 0 Å². The van der Waals surface area contributed by atoms with Gasteiger partial charge in [0.1, 0.15) is 11.4 Å². The first-order chi connectivity index (χ1) is 8.88. The summed E-state index contributed by atoms with van der Waals surface area (Å²) >= 11 is 0. The van der Waals surface area contributed by atoms with Gasteiger partial charge in [-0.1, -0.05) is 0 Å². The number of nitrogen functional groups attached to an aromatic ring is 1. The molecule has 0 aliphatic carbocycles. The summed E-state index contributed by atoms with van der Waals surface area (Å²) in [5.74, 6) is -0.243. The van der Waals surface area contributed by atoms with Crippen LogP contribution in [0, 0.1) is 27.7 Å². The molecule has 2 N–H and O–H groups in total. The van der Waals surface area contributed by atoms with Gasteiger partial charge in [0.2, 0.25) is 0 Å². The highest BCUT2D eigenvalue weighted by molar-refractivity contribution is 6.00.